The van der Waals surface area contributed by atoms with Crippen molar-refractivity contribution in [2.24, 2.45) is 23.7 Å². The first-order valence-corrected chi connectivity index (χ1v) is 8.75. The van der Waals surface area contributed by atoms with Crippen LogP contribution in [0.3, 0.4) is 0 Å². The standard InChI is InChI=1S/C20H20N2O2/c1-11-14(15-4-2-3-5-16(15)21-11)8-9-22-19(23)17-12-6-7-13(10-12)18(17)20(22)24/h2-7,12-13,17-18,21H,8-10H2,1H3/t12-,13-,17+,18+/m1/s1. The van der Waals surface area contributed by atoms with Gasteiger partial charge in [0.1, 0.15) is 0 Å². The van der Waals surface area contributed by atoms with E-state index in [0.29, 0.717) is 6.54 Å². The van der Waals surface area contributed by atoms with Gasteiger partial charge >= 0.3 is 0 Å². The van der Waals surface area contributed by atoms with E-state index in [1.807, 2.05) is 12.1 Å². The van der Waals surface area contributed by atoms with Crippen molar-refractivity contribution in [2.75, 3.05) is 6.54 Å². The van der Waals surface area contributed by atoms with Gasteiger partial charge in [0.05, 0.1) is 11.8 Å². The molecule has 2 fully saturated rings. The van der Waals surface area contributed by atoms with E-state index in [9.17, 15) is 9.59 Å². The van der Waals surface area contributed by atoms with Crippen molar-refractivity contribution < 1.29 is 9.59 Å². The Hall–Kier alpha value is -2.36. The summed E-state index contributed by atoms with van der Waals surface area (Å²) in [7, 11) is 0. The average Bonchev–Trinajstić information content (AvgIpc) is 3.30. The zero-order chi connectivity index (χ0) is 16.4. The summed E-state index contributed by atoms with van der Waals surface area (Å²) in [5.74, 6) is 0.513. The number of aromatic nitrogens is 1. The van der Waals surface area contributed by atoms with E-state index < -0.39 is 0 Å². The highest BCUT2D eigenvalue weighted by Gasteiger charge is 2.58. The Bertz CT molecular complexity index is 864. The minimum Gasteiger partial charge on any atom is -0.358 e. The smallest absolute Gasteiger partial charge is 0.233 e. The van der Waals surface area contributed by atoms with E-state index in [0.717, 1.165) is 24.1 Å². The number of carbonyl (C=O) groups excluding carboxylic acids is 2. The topological polar surface area (TPSA) is 53.2 Å². The molecule has 4 atom stereocenters. The van der Waals surface area contributed by atoms with Crippen LogP contribution in [0, 0.1) is 30.6 Å². The Morgan fingerprint density at radius 1 is 1.08 bits per heavy atom. The number of carbonyl (C=O) groups is 2. The molecule has 1 N–H and O–H groups in total. The number of imide groups is 1. The van der Waals surface area contributed by atoms with E-state index in [1.54, 1.807) is 0 Å². The number of allylic oxidation sites excluding steroid dienone is 2. The van der Waals surface area contributed by atoms with Gasteiger partial charge in [0.15, 0.2) is 0 Å². The monoisotopic (exact) mass is 320 g/mol. The normalized spacial score (nSPS) is 30.8. The molecule has 2 bridgehead atoms. The molecule has 3 aliphatic rings. The van der Waals surface area contributed by atoms with Crippen LogP contribution in [-0.2, 0) is 16.0 Å². The van der Waals surface area contributed by atoms with E-state index in [-0.39, 0.29) is 35.5 Å². The molecule has 24 heavy (non-hydrogen) atoms. The number of fused-ring (bicyclic) bond motifs is 6. The van der Waals surface area contributed by atoms with Crippen LogP contribution in [0.15, 0.2) is 36.4 Å². The van der Waals surface area contributed by atoms with E-state index in [1.165, 1.54) is 15.8 Å². The van der Waals surface area contributed by atoms with Crippen molar-refractivity contribution in [3.8, 4) is 0 Å². The van der Waals surface area contributed by atoms with Crippen molar-refractivity contribution >= 4 is 22.7 Å². The summed E-state index contributed by atoms with van der Waals surface area (Å²) < 4.78 is 0. The van der Waals surface area contributed by atoms with Gasteiger partial charge in [-0.05, 0) is 43.2 Å². The van der Waals surface area contributed by atoms with Crippen LogP contribution in [0.2, 0.25) is 0 Å². The minimum absolute atomic E-state index is 0.0549. The Kier molecular flexibility index (Phi) is 2.82. The predicted octanol–water partition coefficient (Wildman–Crippen LogP) is 2.83. The zero-order valence-electron chi connectivity index (χ0n) is 13.7. The fourth-order valence-corrected chi connectivity index (χ4v) is 5.06. The third-order valence-corrected chi connectivity index (χ3v) is 6.17. The molecule has 2 amide bonds. The van der Waals surface area contributed by atoms with Crippen LogP contribution in [0.25, 0.3) is 10.9 Å². The second kappa shape index (κ2) is 4.82. The highest BCUT2D eigenvalue weighted by Crippen LogP contribution is 2.52. The van der Waals surface area contributed by atoms with Gasteiger partial charge in [-0.25, -0.2) is 0 Å². The molecule has 122 valence electrons. The van der Waals surface area contributed by atoms with Crippen molar-refractivity contribution in [3.05, 3.63) is 47.7 Å². The molecule has 1 aliphatic heterocycles. The minimum atomic E-state index is -0.0865. The Labute approximate surface area is 140 Å². The lowest BCUT2D eigenvalue weighted by molar-refractivity contribution is -0.140. The van der Waals surface area contributed by atoms with Gasteiger partial charge < -0.3 is 4.98 Å². The van der Waals surface area contributed by atoms with Crippen LogP contribution >= 0.6 is 0 Å². The summed E-state index contributed by atoms with van der Waals surface area (Å²) in [6, 6.07) is 8.20. The fourth-order valence-electron chi connectivity index (χ4n) is 5.06. The Morgan fingerprint density at radius 2 is 1.75 bits per heavy atom. The molecule has 5 rings (SSSR count). The highest BCUT2D eigenvalue weighted by molar-refractivity contribution is 6.06. The lowest BCUT2D eigenvalue weighted by Crippen LogP contribution is -2.34. The van der Waals surface area contributed by atoms with E-state index in [2.05, 4.69) is 36.2 Å². The molecular formula is C20H20N2O2. The molecule has 1 saturated heterocycles. The second-order valence-corrected chi connectivity index (χ2v) is 7.35. The summed E-state index contributed by atoms with van der Waals surface area (Å²) in [5, 5.41) is 1.19. The molecule has 1 aromatic heterocycles. The number of aromatic amines is 1. The van der Waals surface area contributed by atoms with E-state index in [4.69, 9.17) is 0 Å². The van der Waals surface area contributed by atoms with Crippen LogP contribution < -0.4 is 0 Å². The number of amides is 2. The van der Waals surface area contributed by atoms with Crippen LogP contribution in [0.4, 0.5) is 0 Å². The maximum absolute atomic E-state index is 12.8. The third kappa shape index (κ3) is 1.74. The summed E-state index contributed by atoms with van der Waals surface area (Å²) in [6.07, 6.45) is 5.99. The first-order valence-electron chi connectivity index (χ1n) is 8.75. The van der Waals surface area contributed by atoms with Crippen molar-refractivity contribution in [1.29, 1.82) is 0 Å². The molecular weight excluding hydrogens is 300 g/mol. The average molecular weight is 320 g/mol. The molecule has 2 aromatic rings. The number of nitrogens with zero attached hydrogens (tertiary/aromatic N) is 1. The Morgan fingerprint density at radius 3 is 2.46 bits per heavy atom. The number of H-pyrrole nitrogens is 1. The number of hydrogen-bond acceptors (Lipinski definition) is 2. The van der Waals surface area contributed by atoms with Crippen molar-refractivity contribution in [1.82, 2.24) is 9.88 Å². The van der Waals surface area contributed by atoms with Crippen molar-refractivity contribution in [3.63, 3.8) is 0 Å². The molecule has 1 aromatic carbocycles. The Balaban J connectivity index is 1.40. The SMILES string of the molecule is Cc1[nH]c2ccccc2c1CCN1C(=O)[C@@H]2[C@@H](C1=O)[C@@H]1C=C[C@@H]2C1. The van der Waals surface area contributed by atoms with Gasteiger partial charge in [0.25, 0.3) is 0 Å². The lowest BCUT2D eigenvalue weighted by Gasteiger charge is -2.17. The maximum atomic E-state index is 12.8. The summed E-state index contributed by atoms with van der Waals surface area (Å²) >= 11 is 0. The molecule has 0 unspecified atom stereocenters. The number of rotatable bonds is 3. The number of benzene rings is 1. The quantitative estimate of drug-likeness (QED) is 0.698. The fraction of sp³-hybridized carbons (Fsp3) is 0.400. The van der Waals surface area contributed by atoms with Crippen molar-refractivity contribution in [2.45, 2.75) is 19.8 Å². The zero-order valence-corrected chi connectivity index (χ0v) is 13.7. The molecule has 0 radical (unpaired) electrons. The molecule has 2 aliphatic carbocycles. The van der Waals surface area contributed by atoms with Crippen LogP contribution in [0.5, 0.6) is 0 Å². The molecule has 2 heterocycles. The molecule has 4 nitrogen and oxygen atoms in total. The predicted molar refractivity (Wildman–Crippen MR) is 91.2 cm³/mol. The summed E-state index contributed by atoms with van der Waals surface area (Å²) in [6.45, 7) is 2.55. The largest absolute Gasteiger partial charge is 0.358 e. The summed E-state index contributed by atoms with van der Waals surface area (Å²) in [4.78, 5) is 30.4. The number of nitrogens with one attached hydrogen (secondary N) is 1. The van der Waals surface area contributed by atoms with Gasteiger partial charge in [-0.15, -0.1) is 0 Å². The molecule has 0 spiro atoms. The summed E-state index contributed by atoms with van der Waals surface area (Å²) in [5.41, 5.74) is 3.45. The van der Waals surface area contributed by atoms with Gasteiger partial charge in [0, 0.05) is 23.1 Å². The second-order valence-electron chi connectivity index (χ2n) is 7.35. The first-order chi connectivity index (χ1) is 11.6. The molecule has 1 saturated carbocycles. The number of hydrogen-bond donors (Lipinski definition) is 1. The van der Waals surface area contributed by atoms with E-state index >= 15 is 0 Å². The number of likely N-dealkylation sites (tertiary alicyclic amines) is 1. The maximum Gasteiger partial charge on any atom is 0.233 e. The van der Waals surface area contributed by atoms with Gasteiger partial charge in [0.2, 0.25) is 11.8 Å². The first kappa shape index (κ1) is 14.0. The van der Waals surface area contributed by atoms with Gasteiger partial charge in [-0.2, -0.15) is 0 Å². The van der Waals surface area contributed by atoms with Crippen LogP contribution in [0.1, 0.15) is 17.7 Å². The lowest BCUT2D eigenvalue weighted by atomic mass is 9.85. The third-order valence-electron chi connectivity index (χ3n) is 6.17. The number of para-hydroxylation sites is 1. The molecule has 4 heteroatoms. The van der Waals surface area contributed by atoms with Gasteiger partial charge in [-0.3, -0.25) is 14.5 Å². The number of aryl methyl sites for hydroxylation is 1. The van der Waals surface area contributed by atoms with Gasteiger partial charge in [-0.1, -0.05) is 30.4 Å². The van der Waals surface area contributed by atoms with Crippen LogP contribution in [-0.4, -0.2) is 28.2 Å². The highest BCUT2D eigenvalue weighted by atomic mass is 16.2.